The lowest BCUT2D eigenvalue weighted by Crippen LogP contribution is -2.41. The molecule has 2 aromatic rings. The van der Waals surface area contributed by atoms with Gasteiger partial charge < -0.3 is 15.4 Å². The van der Waals surface area contributed by atoms with E-state index < -0.39 is 17.9 Å². The summed E-state index contributed by atoms with van der Waals surface area (Å²) in [4.78, 5) is 25.4. The van der Waals surface area contributed by atoms with Crippen LogP contribution in [0.4, 0.5) is 0 Å². The van der Waals surface area contributed by atoms with E-state index in [4.69, 9.17) is 5.11 Å². The van der Waals surface area contributed by atoms with Crippen molar-refractivity contribution in [2.75, 3.05) is 0 Å². The Labute approximate surface area is 109 Å². The van der Waals surface area contributed by atoms with E-state index in [0.717, 1.165) is 22.5 Å². The number of carbonyl (C=O) groups is 2. The van der Waals surface area contributed by atoms with Gasteiger partial charge in [0.05, 0.1) is 0 Å². The summed E-state index contributed by atoms with van der Waals surface area (Å²) in [7, 11) is 0. The first-order valence-electron chi connectivity index (χ1n) is 5.82. The van der Waals surface area contributed by atoms with Gasteiger partial charge in [-0.1, -0.05) is 24.8 Å². The molecule has 98 valence electrons. The van der Waals surface area contributed by atoms with Crippen LogP contribution in [0.1, 0.15) is 5.56 Å². The van der Waals surface area contributed by atoms with E-state index in [1.165, 1.54) is 0 Å². The molecule has 3 N–H and O–H groups in total. The van der Waals surface area contributed by atoms with Gasteiger partial charge in [0, 0.05) is 23.5 Å². The molecular formula is C14H14N2O3. The van der Waals surface area contributed by atoms with E-state index in [1.54, 1.807) is 6.20 Å². The van der Waals surface area contributed by atoms with Crippen molar-refractivity contribution < 1.29 is 14.7 Å². The number of rotatable bonds is 5. The average Bonchev–Trinajstić information content (AvgIpc) is 2.81. The van der Waals surface area contributed by atoms with E-state index in [2.05, 4.69) is 16.9 Å². The van der Waals surface area contributed by atoms with Crippen molar-refractivity contribution in [2.24, 2.45) is 0 Å². The minimum atomic E-state index is -1.07. The quantitative estimate of drug-likeness (QED) is 0.710. The molecule has 0 bridgehead atoms. The molecule has 1 unspecified atom stereocenters. The number of benzene rings is 1. The van der Waals surface area contributed by atoms with Crippen LogP contribution in [0.3, 0.4) is 0 Å². The molecular weight excluding hydrogens is 244 g/mol. The number of aromatic nitrogens is 1. The number of carboxylic acids is 1. The van der Waals surface area contributed by atoms with Crippen LogP contribution in [0, 0.1) is 0 Å². The molecule has 0 spiro atoms. The Morgan fingerprint density at radius 1 is 1.42 bits per heavy atom. The normalized spacial score (nSPS) is 12.0. The van der Waals surface area contributed by atoms with E-state index in [1.807, 2.05) is 24.3 Å². The van der Waals surface area contributed by atoms with Crippen LogP contribution >= 0.6 is 0 Å². The molecule has 1 aromatic heterocycles. The van der Waals surface area contributed by atoms with Gasteiger partial charge in [-0.25, -0.2) is 4.79 Å². The molecule has 5 heteroatoms. The molecule has 0 aliphatic rings. The molecule has 0 aliphatic heterocycles. The number of para-hydroxylation sites is 1. The Bertz CT molecular complexity index is 630. The zero-order chi connectivity index (χ0) is 13.8. The van der Waals surface area contributed by atoms with Crippen LogP contribution in [0.25, 0.3) is 10.9 Å². The average molecular weight is 258 g/mol. The van der Waals surface area contributed by atoms with E-state index >= 15 is 0 Å². The van der Waals surface area contributed by atoms with Crippen LogP contribution in [0.15, 0.2) is 43.1 Å². The Kier molecular flexibility index (Phi) is 3.66. The molecule has 19 heavy (non-hydrogen) atoms. The Balaban J connectivity index is 2.23. The maximum Gasteiger partial charge on any atom is 0.326 e. The van der Waals surface area contributed by atoms with Gasteiger partial charge in [-0.15, -0.1) is 0 Å². The van der Waals surface area contributed by atoms with Crippen molar-refractivity contribution in [2.45, 2.75) is 12.5 Å². The van der Waals surface area contributed by atoms with Crippen molar-refractivity contribution in [1.82, 2.24) is 10.3 Å². The fourth-order valence-electron chi connectivity index (χ4n) is 1.95. The molecule has 5 nitrogen and oxygen atoms in total. The predicted octanol–water partition coefficient (Wildman–Crippen LogP) is 1.47. The summed E-state index contributed by atoms with van der Waals surface area (Å²) in [6.07, 6.45) is 3.05. The molecule has 0 radical (unpaired) electrons. The lowest BCUT2D eigenvalue weighted by Gasteiger charge is -2.12. The SMILES string of the molecule is C=CC(=O)NC(Cc1c[nH]c2ccccc12)C(=O)O. The summed E-state index contributed by atoms with van der Waals surface area (Å²) in [5.74, 6) is -1.56. The number of hydrogen-bond donors (Lipinski definition) is 3. The van der Waals surface area contributed by atoms with Gasteiger partial charge >= 0.3 is 5.97 Å². The maximum atomic E-state index is 11.2. The van der Waals surface area contributed by atoms with Crippen LogP contribution in [0.2, 0.25) is 0 Å². The number of nitrogens with one attached hydrogen (secondary N) is 2. The van der Waals surface area contributed by atoms with Crippen molar-refractivity contribution in [3.8, 4) is 0 Å². The summed E-state index contributed by atoms with van der Waals surface area (Å²) in [5, 5.41) is 12.5. The summed E-state index contributed by atoms with van der Waals surface area (Å²) < 4.78 is 0. The van der Waals surface area contributed by atoms with Gasteiger partial charge in [-0.05, 0) is 17.7 Å². The number of aliphatic carboxylic acids is 1. The number of H-pyrrole nitrogens is 1. The first-order chi connectivity index (χ1) is 9.11. The highest BCUT2D eigenvalue weighted by Gasteiger charge is 2.20. The minimum absolute atomic E-state index is 0.221. The number of carbonyl (C=O) groups excluding carboxylic acids is 1. The maximum absolute atomic E-state index is 11.2. The predicted molar refractivity (Wildman–Crippen MR) is 71.8 cm³/mol. The second-order valence-electron chi connectivity index (χ2n) is 4.17. The Hall–Kier alpha value is -2.56. The summed E-state index contributed by atoms with van der Waals surface area (Å²) in [5.41, 5.74) is 1.80. The summed E-state index contributed by atoms with van der Waals surface area (Å²) in [6, 6.07) is 6.64. The molecule has 1 aromatic carbocycles. The standard InChI is InChI=1S/C14H14N2O3/c1-2-13(17)16-12(14(18)19)7-9-8-15-11-6-4-3-5-10(9)11/h2-6,8,12,15H,1,7H2,(H,16,17)(H,18,19). The molecule has 0 aliphatic carbocycles. The summed E-state index contributed by atoms with van der Waals surface area (Å²) in [6.45, 7) is 3.31. The highest BCUT2D eigenvalue weighted by atomic mass is 16.4. The Morgan fingerprint density at radius 2 is 2.16 bits per heavy atom. The minimum Gasteiger partial charge on any atom is -0.480 e. The lowest BCUT2D eigenvalue weighted by atomic mass is 10.1. The molecule has 2 rings (SSSR count). The number of aromatic amines is 1. The third kappa shape index (κ3) is 2.82. The first kappa shape index (κ1) is 12.9. The molecule has 0 fully saturated rings. The van der Waals surface area contributed by atoms with Crippen LogP contribution in [0.5, 0.6) is 0 Å². The first-order valence-corrected chi connectivity index (χ1v) is 5.82. The monoisotopic (exact) mass is 258 g/mol. The molecule has 1 atom stereocenters. The van der Waals surface area contributed by atoms with E-state index in [9.17, 15) is 9.59 Å². The fourth-order valence-corrected chi connectivity index (χ4v) is 1.95. The van der Waals surface area contributed by atoms with Crippen LogP contribution in [-0.2, 0) is 16.0 Å². The number of fused-ring (bicyclic) bond motifs is 1. The zero-order valence-corrected chi connectivity index (χ0v) is 10.2. The third-order valence-corrected chi connectivity index (χ3v) is 2.90. The topological polar surface area (TPSA) is 82.2 Å². The van der Waals surface area contributed by atoms with Crippen molar-refractivity contribution >= 4 is 22.8 Å². The van der Waals surface area contributed by atoms with Gasteiger partial charge in [0.2, 0.25) is 5.91 Å². The lowest BCUT2D eigenvalue weighted by molar-refractivity contribution is -0.141. The fraction of sp³-hybridized carbons (Fsp3) is 0.143. The third-order valence-electron chi connectivity index (χ3n) is 2.90. The highest BCUT2D eigenvalue weighted by Crippen LogP contribution is 2.19. The molecule has 1 heterocycles. The van der Waals surface area contributed by atoms with Crippen LogP contribution in [-0.4, -0.2) is 28.0 Å². The molecule has 0 saturated carbocycles. The second kappa shape index (κ2) is 5.39. The van der Waals surface area contributed by atoms with Crippen molar-refractivity contribution in [1.29, 1.82) is 0 Å². The van der Waals surface area contributed by atoms with E-state index in [0.29, 0.717) is 0 Å². The van der Waals surface area contributed by atoms with Crippen molar-refractivity contribution in [3.05, 3.63) is 48.7 Å². The van der Waals surface area contributed by atoms with Gasteiger partial charge in [0.1, 0.15) is 6.04 Å². The largest absolute Gasteiger partial charge is 0.480 e. The zero-order valence-electron chi connectivity index (χ0n) is 10.2. The van der Waals surface area contributed by atoms with E-state index in [-0.39, 0.29) is 6.42 Å². The van der Waals surface area contributed by atoms with Gasteiger partial charge in [-0.3, -0.25) is 4.79 Å². The smallest absolute Gasteiger partial charge is 0.326 e. The van der Waals surface area contributed by atoms with Gasteiger partial charge in [-0.2, -0.15) is 0 Å². The summed E-state index contributed by atoms with van der Waals surface area (Å²) >= 11 is 0. The Morgan fingerprint density at radius 3 is 2.84 bits per heavy atom. The second-order valence-corrected chi connectivity index (χ2v) is 4.17. The molecule has 0 saturated heterocycles. The van der Waals surface area contributed by atoms with Crippen LogP contribution < -0.4 is 5.32 Å². The van der Waals surface area contributed by atoms with Gasteiger partial charge in [0.25, 0.3) is 0 Å². The number of carboxylic acid groups (broad SMARTS) is 1. The van der Waals surface area contributed by atoms with Crippen molar-refractivity contribution in [3.63, 3.8) is 0 Å². The highest BCUT2D eigenvalue weighted by molar-refractivity contribution is 5.91. The number of amides is 1. The molecule has 1 amide bonds. The van der Waals surface area contributed by atoms with Gasteiger partial charge in [0.15, 0.2) is 0 Å². The number of hydrogen-bond acceptors (Lipinski definition) is 2.